The Bertz CT molecular complexity index is 626. The maximum Gasteiger partial charge on any atom is 0.408 e. The van der Waals surface area contributed by atoms with E-state index in [0.717, 1.165) is 10.6 Å². The molecule has 26 heavy (non-hydrogen) atoms. The van der Waals surface area contributed by atoms with Crippen molar-refractivity contribution < 1.29 is 14.3 Å². The molecule has 0 spiro atoms. The maximum atomic E-state index is 12.3. The van der Waals surface area contributed by atoms with Gasteiger partial charge in [0.2, 0.25) is 5.91 Å². The van der Waals surface area contributed by atoms with Crippen molar-refractivity contribution >= 4 is 29.4 Å². The van der Waals surface area contributed by atoms with Gasteiger partial charge in [-0.1, -0.05) is 20.8 Å². The summed E-state index contributed by atoms with van der Waals surface area (Å²) in [6, 6.07) is 7.77. The first-order chi connectivity index (χ1) is 11.7. The fraction of sp³-hybridized carbons (Fsp3) is 0.600. The van der Waals surface area contributed by atoms with Crippen LogP contribution in [0.15, 0.2) is 29.2 Å². The highest BCUT2D eigenvalue weighted by molar-refractivity contribution is 8.00. The van der Waals surface area contributed by atoms with Crippen molar-refractivity contribution in [1.29, 1.82) is 0 Å². The monoisotopic (exact) mass is 380 g/mol. The number of benzene rings is 1. The fourth-order valence-electron chi connectivity index (χ4n) is 2.19. The Kier molecular flexibility index (Phi) is 7.17. The van der Waals surface area contributed by atoms with Gasteiger partial charge < -0.3 is 15.4 Å². The first-order valence-corrected chi connectivity index (χ1v) is 9.57. The Labute approximate surface area is 161 Å². The van der Waals surface area contributed by atoms with E-state index < -0.39 is 17.2 Å². The third kappa shape index (κ3) is 9.70. The number of rotatable bonds is 5. The van der Waals surface area contributed by atoms with Crippen molar-refractivity contribution in [2.24, 2.45) is 0 Å². The average Bonchev–Trinajstić information content (AvgIpc) is 2.35. The van der Waals surface area contributed by atoms with Crippen molar-refractivity contribution in [3.05, 3.63) is 24.3 Å². The molecule has 5 nitrogen and oxygen atoms in total. The number of hydrogen-bond donors (Lipinski definition) is 2. The maximum absolute atomic E-state index is 12.3. The molecule has 0 unspecified atom stereocenters. The first-order valence-electron chi connectivity index (χ1n) is 8.75. The lowest BCUT2D eigenvalue weighted by Crippen LogP contribution is -2.47. The van der Waals surface area contributed by atoms with Crippen LogP contribution >= 0.6 is 11.8 Å². The summed E-state index contributed by atoms with van der Waals surface area (Å²) in [5, 5.41) is 5.61. The number of carbonyl (C=O) groups excluding carboxylic acids is 2. The Hall–Kier alpha value is -1.69. The zero-order valence-electron chi connectivity index (χ0n) is 17.1. The van der Waals surface area contributed by atoms with Crippen LogP contribution in [0, 0.1) is 0 Å². The summed E-state index contributed by atoms with van der Waals surface area (Å²) in [5.41, 5.74) is -0.551. The van der Waals surface area contributed by atoms with Gasteiger partial charge >= 0.3 is 6.09 Å². The van der Waals surface area contributed by atoms with E-state index in [4.69, 9.17) is 4.74 Å². The Morgan fingerprint density at radius 3 is 1.96 bits per heavy atom. The van der Waals surface area contributed by atoms with Crippen LogP contribution in [0.3, 0.4) is 0 Å². The summed E-state index contributed by atoms with van der Waals surface area (Å²) in [5.74, 6) is -0.165. The second kappa shape index (κ2) is 8.33. The van der Waals surface area contributed by atoms with Gasteiger partial charge in [-0.3, -0.25) is 4.79 Å². The SMILES string of the molecule is CC(C)(CC(=O)Nc1ccc(SC(C)(C)C)cc1)NC(=O)OC(C)(C)C. The van der Waals surface area contributed by atoms with Gasteiger partial charge in [0.05, 0.1) is 0 Å². The molecule has 0 fully saturated rings. The minimum atomic E-state index is -0.714. The van der Waals surface area contributed by atoms with Gasteiger partial charge in [-0.05, 0) is 58.9 Å². The molecule has 1 rings (SSSR count). The predicted molar refractivity (Wildman–Crippen MR) is 109 cm³/mol. The molecule has 2 amide bonds. The normalized spacial score (nSPS) is 12.5. The molecule has 0 aliphatic heterocycles. The van der Waals surface area contributed by atoms with E-state index in [0.29, 0.717) is 0 Å². The number of hydrogen-bond acceptors (Lipinski definition) is 4. The second-order valence-electron chi connectivity index (χ2n) is 8.97. The smallest absolute Gasteiger partial charge is 0.408 e. The van der Waals surface area contributed by atoms with Gasteiger partial charge in [0.1, 0.15) is 5.60 Å². The van der Waals surface area contributed by atoms with E-state index in [1.54, 1.807) is 46.4 Å². The Morgan fingerprint density at radius 2 is 1.50 bits per heavy atom. The quantitative estimate of drug-likeness (QED) is 0.688. The zero-order chi connectivity index (χ0) is 20.2. The van der Waals surface area contributed by atoms with Crippen molar-refractivity contribution in [2.45, 2.75) is 82.6 Å². The number of anilines is 1. The lowest BCUT2D eigenvalue weighted by molar-refractivity contribution is -0.117. The Morgan fingerprint density at radius 1 is 0.962 bits per heavy atom. The fourth-order valence-corrected chi connectivity index (χ4v) is 3.17. The minimum absolute atomic E-state index is 0.141. The molecule has 0 aromatic heterocycles. The molecule has 0 heterocycles. The van der Waals surface area contributed by atoms with Gasteiger partial charge in [-0.2, -0.15) is 0 Å². The van der Waals surface area contributed by atoms with Crippen LogP contribution in [0.4, 0.5) is 10.5 Å². The average molecular weight is 381 g/mol. The van der Waals surface area contributed by atoms with Crippen LogP contribution in [-0.4, -0.2) is 27.9 Å². The highest BCUT2D eigenvalue weighted by Crippen LogP contribution is 2.32. The molecule has 0 saturated heterocycles. The molecule has 0 radical (unpaired) electrons. The minimum Gasteiger partial charge on any atom is -0.444 e. The largest absolute Gasteiger partial charge is 0.444 e. The molecule has 0 aliphatic carbocycles. The second-order valence-corrected chi connectivity index (χ2v) is 10.9. The molecule has 2 N–H and O–H groups in total. The molecular formula is C20H32N2O3S. The van der Waals surface area contributed by atoms with Gasteiger partial charge in [0, 0.05) is 27.3 Å². The number of thioether (sulfide) groups is 1. The summed E-state index contributed by atoms with van der Waals surface area (Å²) >= 11 is 1.78. The lowest BCUT2D eigenvalue weighted by atomic mass is 10.0. The number of amides is 2. The summed E-state index contributed by atoms with van der Waals surface area (Å²) in [6.07, 6.45) is -0.385. The molecule has 0 atom stereocenters. The number of ether oxygens (including phenoxy) is 1. The van der Waals surface area contributed by atoms with Crippen molar-refractivity contribution in [3.8, 4) is 0 Å². The topological polar surface area (TPSA) is 67.4 Å². The molecular weight excluding hydrogens is 348 g/mol. The molecule has 6 heteroatoms. The zero-order valence-corrected chi connectivity index (χ0v) is 18.0. The van der Waals surface area contributed by atoms with Gasteiger partial charge in [0.25, 0.3) is 0 Å². The summed E-state index contributed by atoms with van der Waals surface area (Å²) in [7, 11) is 0. The summed E-state index contributed by atoms with van der Waals surface area (Å²) in [6.45, 7) is 15.5. The molecule has 0 saturated carbocycles. The van der Waals surface area contributed by atoms with Gasteiger partial charge in [-0.25, -0.2) is 4.79 Å². The summed E-state index contributed by atoms with van der Waals surface area (Å²) < 4.78 is 5.38. The molecule has 0 aliphatic rings. The van der Waals surface area contributed by atoms with E-state index >= 15 is 0 Å². The van der Waals surface area contributed by atoms with Crippen LogP contribution in [0.5, 0.6) is 0 Å². The molecule has 146 valence electrons. The van der Waals surface area contributed by atoms with Crippen molar-refractivity contribution in [3.63, 3.8) is 0 Å². The van der Waals surface area contributed by atoms with Gasteiger partial charge in [-0.15, -0.1) is 11.8 Å². The van der Waals surface area contributed by atoms with E-state index in [-0.39, 0.29) is 17.1 Å². The van der Waals surface area contributed by atoms with Crippen LogP contribution < -0.4 is 10.6 Å². The third-order valence-corrected chi connectivity index (χ3v) is 4.12. The number of nitrogens with one attached hydrogen (secondary N) is 2. The van der Waals surface area contributed by atoms with Crippen molar-refractivity contribution in [1.82, 2.24) is 5.32 Å². The van der Waals surface area contributed by atoms with E-state index in [9.17, 15) is 9.59 Å². The van der Waals surface area contributed by atoms with Crippen LogP contribution in [-0.2, 0) is 9.53 Å². The van der Waals surface area contributed by atoms with Crippen molar-refractivity contribution in [2.75, 3.05) is 5.32 Å². The van der Waals surface area contributed by atoms with E-state index in [1.807, 2.05) is 24.3 Å². The van der Waals surface area contributed by atoms with E-state index in [1.165, 1.54) is 0 Å². The highest BCUT2D eigenvalue weighted by Gasteiger charge is 2.27. The van der Waals surface area contributed by atoms with Gasteiger partial charge in [0.15, 0.2) is 0 Å². The standard InChI is InChI=1S/C20H32N2O3S/c1-18(2,3)25-17(24)22-20(7,8)13-16(23)21-14-9-11-15(12-10-14)26-19(4,5)6/h9-12H,13H2,1-8H3,(H,21,23)(H,22,24). The molecule has 0 bridgehead atoms. The van der Waals surface area contributed by atoms with Crippen LogP contribution in [0.1, 0.15) is 61.8 Å². The van der Waals surface area contributed by atoms with Crippen LogP contribution in [0.2, 0.25) is 0 Å². The van der Waals surface area contributed by atoms with E-state index in [2.05, 4.69) is 31.4 Å². The summed E-state index contributed by atoms with van der Waals surface area (Å²) in [4.78, 5) is 25.4. The van der Waals surface area contributed by atoms with Crippen LogP contribution in [0.25, 0.3) is 0 Å². The molecule has 1 aromatic carbocycles. The third-order valence-electron chi connectivity index (χ3n) is 3.00. The number of alkyl carbamates (subject to hydrolysis) is 1. The Balaban J connectivity index is 2.58. The highest BCUT2D eigenvalue weighted by atomic mass is 32.2. The number of carbonyl (C=O) groups is 2. The first kappa shape index (κ1) is 22.4. The lowest BCUT2D eigenvalue weighted by Gasteiger charge is -2.28. The predicted octanol–water partition coefficient (Wildman–Crippen LogP) is 5.21. The molecule has 1 aromatic rings.